The Kier molecular flexibility index (Phi) is 8.88. The van der Waals surface area contributed by atoms with Crippen molar-refractivity contribution in [1.29, 1.82) is 0 Å². The first-order valence-corrected chi connectivity index (χ1v) is 11.5. The molecule has 0 amide bonds. The number of hydrogen-bond donors (Lipinski definition) is 0. The second kappa shape index (κ2) is 12.1. The van der Waals surface area contributed by atoms with E-state index in [1.165, 1.54) is 28.1 Å². The predicted molar refractivity (Wildman–Crippen MR) is 131 cm³/mol. The van der Waals surface area contributed by atoms with E-state index >= 15 is 0 Å². The lowest BCUT2D eigenvalue weighted by Gasteiger charge is -2.37. The molecule has 2 aromatic rings. The van der Waals surface area contributed by atoms with E-state index in [1.807, 2.05) is 24.3 Å². The summed E-state index contributed by atoms with van der Waals surface area (Å²) < 4.78 is 19.4. The van der Waals surface area contributed by atoms with Crippen LogP contribution in [-0.4, -0.2) is 76.5 Å². The van der Waals surface area contributed by atoms with Crippen molar-refractivity contribution in [3.8, 4) is 0 Å². The normalized spacial score (nSPS) is 14.9. The molecule has 1 aliphatic heterocycles. The van der Waals surface area contributed by atoms with Crippen LogP contribution >= 0.6 is 0 Å². The van der Waals surface area contributed by atoms with Gasteiger partial charge in [-0.15, -0.1) is 0 Å². The largest absolute Gasteiger partial charge is 0.466 e. The molecule has 1 heterocycles. The zero-order chi connectivity index (χ0) is 26.2. The summed E-state index contributed by atoms with van der Waals surface area (Å²) in [6.45, 7) is 5.99. The number of methoxy groups -OCH3 is 2. The third-order valence-electron chi connectivity index (χ3n) is 5.85. The molecule has 0 aliphatic carbocycles. The van der Waals surface area contributed by atoms with Crippen molar-refractivity contribution in [2.75, 3.05) is 50.2 Å². The second-order valence-corrected chi connectivity index (χ2v) is 8.21. The molecule has 36 heavy (non-hydrogen) atoms. The summed E-state index contributed by atoms with van der Waals surface area (Å²) in [7, 11) is 2.48. The van der Waals surface area contributed by atoms with Crippen molar-refractivity contribution in [3.05, 3.63) is 59.7 Å². The number of benzene rings is 2. The maximum atomic E-state index is 12.2. The SMILES string of the molecule is COC(=O)C(C)OC(=O)c1ccc(N2CCN(c3ccc(C(=O)O[C@@H](C)C(=O)OC)cc3)CC2)cc1. The van der Waals surface area contributed by atoms with Crippen molar-refractivity contribution in [2.45, 2.75) is 26.1 Å². The highest BCUT2D eigenvalue weighted by atomic mass is 16.6. The molecule has 1 unspecified atom stereocenters. The lowest BCUT2D eigenvalue weighted by molar-refractivity contribution is -0.150. The Morgan fingerprint density at radius 3 is 1.19 bits per heavy atom. The summed E-state index contributed by atoms with van der Waals surface area (Å²) >= 11 is 0. The van der Waals surface area contributed by atoms with Gasteiger partial charge in [-0.1, -0.05) is 0 Å². The first-order valence-electron chi connectivity index (χ1n) is 11.5. The van der Waals surface area contributed by atoms with Gasteiger partial charge in [-0.05, 0) is 62.4 Å². The molecule has 1 fully saturated rings. The topological polar surface area (TPSA) is 112 Å². The molecule has 0 spiro atoms. The number of anilines is 2. The average Bonchev–Trinajstić information content (AvgIpc) is 2.92. The molecule has 0 aromatic heterocycles. The molecule has 1 saturated heterocycles. The zero-order valence-electron chi connectivity index (χ0n) is 20.8. The Morgan fingerprint density at radius 1 is 0.611 bits per heavy atom. The fraction of sp³-hybridized carbons (Fsp3) is 0.385. The summed E-state index contributed by atoms with van der Waals surface area (Å²) in [6.07, 6.45) is -1.95. The average molecular weight is 499 g/mol. The van der Waals surface area contributed by atoms with Gasteiger partial charge < -0.3 is 28.7 Å². The predicted octanol–water partition coefficient (Wildman–Crippen LogP) is 2.45. The maximum absolute atomic E-state index is 12.2. The minimum atomic E-state index is -0.974. The third-order valence-corrected chi connectivity index (χ3v) is 5.85. The Hall–Kier alpha value is -4.08. The highest BCUT2D eigenvalue weighted by molar-refractivity contribution is 5.92. The fourth-order valence-corrected chi connectivity index (χ4v) is 3.72. The van der Waals surface area contributed by atoms with E-state index in [9.17, 15) is 19.2 Å². The van der Waals surface area contributed by atoms with E-state index in [0.717, 1.165) is 37.6 Å². The van der Waals surface area contributed by atoms with Crippen LogP contribution in [0.1, 0.15) is 34.6 Å². The van der Waals surface area contributed by atoms with E-state index in [1.54, 1.807) is 24.3 Å². The molecule has 192 valence electrons. The summed E-state index contributed by atoms with van der Waals surface area (Å²) in [5, 5.41) is 0. The molecule has 10 nitrogen and oxygen atoms in total. The van der Waals surface area contributed by atoms with Gasteiger partial charge in [0.15, 0.2) is 12.2 Å². The summed E-state index contributed by atoms with van der Waals surface area (Å²) in [5.41, 5.74) is 2.66. The Balaban J connectivity index is 1.52. The van der Waals surface area contributed by atoms with Crippen molar-refractivity contribution < 1.29 is 38.1 Å². The summed E-state index contributed by atoms with van der Waals surface area (Å²) in [4.78, 5) is 51.8. The molecule has 3 rings (SSSR count). The molecule has 0 N–H and O–H groups in total. The van der Waals surface area contributed by atoms with Gasteiger partial charge in [0.2, 0.25) is 0 Å². The first-order chi connectivity index (χ1) is 17.2. The van der Waals surface area contributed by atoms with Gasteiger partial charge in [0.05, 0.1) is 25.3 Å². The number of rotatable bonds is 8. The van der Waals surface area contributed by atoms with Gasteiger partial charge in [0, 0.05) is 37.6 Å². The summed E-state index contributed by atoms with van der Waals surface area (Å²) in [5.74, 6) is -2.39. The number of esters is 4. The zero-order valence-corrected chi connectivity index (χ0v) is 20.8. The first kappa shape index (κ1) is 26.5. The van der Waals surface area contributed by atoms with Crippen LogP contribution in [0.4, 0.5) is 11.4 Å². The van der Waals surface area contributed by atoms with Gasteiger partial charge in [0.1, 0.15) is 0 Å². The van der Waals surface area contributed by atoms with Gasteiger partial charge in [0.25, 0.3) is 0 Å². The standard InChI is InChI=1S/C26H30N2O8/c1-17(23(29)33-3)35-25(31)19-5-9-21(10-6-19)27-13-15-28(16-14-27)22-11-7-20(8-12-22)26(32)36-18(2)24(30)34-4/h5-12,17-18H,13-16H2,1-4H3/t17-,18?/m0/s1. The summed E-state index contributed by atoms with van der Waals surface area (Å²) in [6, 6.07) is 14.1. The van der Waals surface area contributed by atoms with Crippen LogP contribution in [0.3, 0.4) is 0 Å². The van der Waals surface area contributed by atoms with E-state index in [4.69, 9.17) is 9.47 Å². The van der Waals surface area contributed by atoms with Crippen molar-refractivity contribution >= 4 is 35.3 Å². The molecule has 2 aromatic carbocycles. The molecule has 10 heteroatoms. The third kappa shape index (κ3) is 6.53. The molecule has 0 bridgehead atoms. The van der Waals surface area contributed by atoms with Crippen LogP contribution < -0.4 is 9.80 Å². The maximum Gasteiger partial charge on any atom is 0.346 e. The van der Waals surface area contributed by atoms with Gasteiger partial charge in [-0.25, -0.2) is 19.2 Å². The molecular weight excluding hydrogens is 468 g/mol. The smallest absolute Gasteiger partial charge is 0.346 e. The van der Waals surface area contributed by atoms with E-state index in [0.29, 0.717) is 11.1 Å². The molecule has 0 radical (unpaired) electrons. The molecule has 1 aliphatic rings. The van der Waals surface area contributed by atoms with Crippen LogP contribution in [0.15, 0.2) is 48.5 Å². The minimum Gasteiger partial charge on any atom is -0.466 e. The lowest BCUT2D eigenvalue weighted by Crippen LogP contribution is -2.46. The van der Waals surface area contributed by atoms with Crippen LogP contribution in [-0.2, 0) is 28.5 Å². The van der Waals surface area contributed by atoms with Crippen molar-refractivity contribution in [1.82, 2.24) is 0 Å². The van der Waals surface area contributed by atoms with Crippen LogP contribution in [0, 0.1) is 0 Å². The van der Waals surface area contributed by atoms with Crippen LogP contribution in [0.2, 0.25) is 0 Å². The number of carbonyl (C=O) groups is 4. The molecular formula is C26H30N2O8. The lowest BCUT2D eigenvalue weighted by atomic mass is 10.1. The van der Waals surface area contributed by atoms with E-state index < -0.39 is 36.1 Å². The highest BCUT2D eigenvalue weighted by Gasteiger charge is 2.22. The molecule has 2 atom stereocenters. The van der Waals surface area contributed by atoms with Crippen LogP contribution in [0.5, 0.6) is 0 Å². The monoisotopic (exact) mass is 498 g/mol. The Bertz CT molecular complexity index is 989. The van der Waals surface area contributed by atoms with Gasteiger partial charge in [-0.2, -0.15) is 0 Å². The fourth-order valence-electron chi connectivity index (χ4n) is 3.72. The number of carbonyl (C=O) groups excluding carboxylic acids is 4. The highest BCUT2D eigenvalue weighted by Crippen LogP contribution is 2.22. The van der Waals surface area contributed by atoms with E-state index in [2.05, 4.69) is 19.3 Å². The second-order valence-electron chi connectivity index (χ2n) is 8.21. The van der Waals surface area contributed by atoms with E-state index in [-0.39, 0.29) is 0 Å². The minimum absolute atomic E-state index is 0.354. The van der Waals surface area contributed by atoms with Crippen molar-refractivity contribution in [3.63, 3.8) is 0 Å². The number of nitrogens with zero attached hydrogens (tertiary/aromatic N) is 2. The number of piperazine rings is 1. The van der Waals surface area contributed by atoms with Gasteiger partial charge in [-0.3, -0.25) is 0 Å². The number of ether oxygens (including phenoxy) is 4. The Labute approximate surface area is 209 Å². The molecule has 0 saturated carbocycles. The quantitative estimate of drug-likeness (QED) is 0.397. The van der Waals surface area contributed by atoms with Crippen LogP contribution in [0.25, 0.3) is 0 Å². The Morgan fingerprint density at radius 2 is 0.917 bits per heavy atom. The number of hydrogen-bond acceptors (Lipinski definition) is 10. The van der Waals surface area contributed by atoms with Gasteiger partial charge >= 0.3 is 23.9 Å². The van der Waals surface area contributed by atoms with Crippen molar-refractivity contribution in [2.24, 2.45) is 0 Å².